The smallest absolute Gasteiger partial charge is 0.227 e. The zero-order chi connectivity index (χ0) is 15.7. The summed E-state index contributed by atoms with van der Waals surface area (Å²) in [5, 5.41) is 5.90. The van der Waals surface area contributed by atoms with Crippen molar-refractivity contribution in [2.75, 3.05) is 10.6 Å². The normalized spacial score (nSPS) is 23.0. The second kappa shape index (κ2) is 7.32. The Labute approximate surface area is 142 Å². The number of anilines is 2. The Morgan fingerprint density at radius 3 is 2.30 bits per heavy atom. The third-order valence-electron chi connectivity index (χ3n) is 4.56. The van der Waals surface area contributed by atoms with Gasteiger partial charge in [0.1, 0.15) is 0 Å². The third-order valence-corrected chi connectivity index (χ3v) is 4.56. The predicted molar refractivity (Wildman–Crippen MR) is 93.7 cm³/mol. The van der Waals surface area contributed by atoms with E-state index in [4.69, 9.17) is 5.73 Å². The molecule has 0 bridgehead atoms. The molecule has 3 rings (SSSR count). The SMILES string of the molecule is Cc1ccc(NC(=O)C2CC2)cc1NC(=O)C1CCC(N)C1.Cl. The first-order valence-corrected chi connectivity index (χ1v) is 8.01. The average molecular weight is 338 g/mol. The van der Waals surface area contributed by atoms with E-state index in [1.807, 2.05) is 25.1 Å². The molecular weight excluding hydrogens is 314 g/mol. The van der Waals surface area contributed by atoms with Crippen LogP contribution >= 0.6 is 12.4 Å². The second-order valence-electron chi connectivity index (χ2n) is 6.55. The van der Waals surface area contributed by atoms with Gasteiger partial charge in [-0.1, -0.05) is 6.07 Å². The lowest BCUT2D eigenvalue weighted by Crippen LogP contribution is -2.23. The fourth-order valence-electron chi connectivity index (χ4n) is 2.91. The van der Waals surface area contributed by atoms with Crippen LogP contribution in [0, 0.1) is 18.8 Å². The molecule has 0 saturated heterocycles. The summed E-state index contributed by atoms with van der Waals surface area (Å²) in [4.78, 5) is 24.1. The predicted octanol–water partition coefficient (Wildman–Crippen LogP) is 2.83. The van der Waals surface area contributed by atoms with Crippen LogP contribution in [0.1, 0.15) is 37.7 Å². The molecule has 0 aliphatic heterocycles. The highest BCUT2D eigenvalue weighted by atomic mass is 35.5. The first-order valence-electron chi connectivity index (χ1n) is 8.01. The van der Waals surface area contributed by atoms with Crippen molar-refractivity contribution in [3.05, 3.63) is 23.8 Å². The molecule has 2 unspecified atom stereocenters. The van der Waals surface area contributed by atoms with Crippen LogP contribution in [0.25, 0.3) is 0 Å². The van der Waals surface area contributed by atoms with Gasteiger partial charge in [0, 0.05) is 29.3 Å². The van der Waals surface area contributed by atoms with Crippen LogP contribution in [0.4, 0.5) is 11.4 Å². The third kappa shape index (κ3) is 4.45. The Bertz CT molecular complexity index is 602. The van der Waals surface area contributed by atoms with Gasteiger partial charge in [0.25, 0.3) is 0 Å². The van der Waals surface area contributed by atoms with Crippen molar-refractivity contribution in [3.8, 4) is 0 Å². The van der Waals surface area contributed by atoms with E-state index in [1.54, 1.807) is 0 Å². The molecule has 126 valence electrons. The number of benzene rings is 1. The van der Waals surface area contributed by atoms with Crippen molar-refractivity contribution >= 4 is 35.6 Å². The molecule has 2 atom stereocenters. The topological polar surface area (TPSA) is 84.2 Å². The first kappa shape index (κ1) is 17.8. The van der Waals surface area contributed by atoms with E-state index in [-0.39, 0.29) is 42.1 Å². The largest absolute Gasteiger partial charge is 0.328 e. The van der Waals surface area contributed by atoms with Gasteiger partial charge in [-0.2, -0.15) is 0 Å². The van der Waals surface area contributed by atoms with E-state index in [2.05, 4.69) is 10.6 Å². The maximum absolute atomic E-state index is 12.3. The van der Waals surface area contributed by atoms with Crippen LogP contribution in [-0.2, 0) is 9.59 Å². The highest BCUT2D eigenvalue weighted by Gasteiger charge is 2.30. The van der Waals surface area contributed by atoms with E-state index in [9.17, 15) is 9.59 Å². The summed E-state index contributed by atoms with van der Waals surface area (Å²) < 4.78 is 0. The van der Waals surface area contributed by atoms with Gasteiger partial charge in [-0.25, -0.2) is 0 Å². The number of halogens is 1. The summed E-state index contributed by atoms with van der Waals surface area (Å²) in [5.41, 5.74) is 8.36. The fraction of sp³-hybridized carbons (Fsp3) is 0.529. The molecule has 2 aliphatic rings. The molecule has 5 nitrogen and oxygen atoms in total. The van der Waals surface area contributed by atoms with Crippen molar-refractivity contribution in [1.29, 1.82) is 0 Å². The van der Waals surface area contributed by atoms with Gasteiger partial charge < -0.3 is 16.4 Å². The maximum Gasteiger partial charge on any atom is 0.227 e. The van der Waals surface area contributed by atoms with E-state index < -0.39 is 0 Å². The first-order chi connectivity index (χ1) is 10.5. The van der Waals surface area contributed by atoms with Crippen LogP contribution < -0.4 is 16.4 Å². The van der Waals surface area contributed by atoms with Crippen LogP contribution in [0.5, 0.6) is 0 Å². The van der Waals surface area contributed by atoms with Crippen molar-refractivity contribution in [2.24, 2.45) is 17.6 Å². The summed E-state index contributed by atoms with van der Waals surface area (Å²) in [5.74, 6) is 0.267. The van der Waals surface area contributed by atoms with Crippen molar-refractivity contribution in [1.82, 2.24) is 0 Å². The van der Waals surface area contributed by atoms with Crippen molar-refractivity contribution in [3.63, 3.8) is 0 Å². The molecule has 2 fully saturated rings. The number of hydrogen-bond donors (Lipinski definition) is 3. The van der Waals surface area contributed by atoms with Crippen LogP contribution in [-0.4, -0.2) is 17.9 Å². The average Bonchev–Trinajstić information content (AvgIpc) is 3.24. The summed E-state index contributed by atoms with van der Waals surface area (Å²) in [7, 11) is 0. The molecule has 23 heavy (non-hydrogen) atoms. The van der Waals surface area contributed by atoms with Crippen molar-refractivity contribution < 1.29 is 9.59 Å². The lowest BCUT2D eigenvalue weighted by Gasteiger charge is -2.14. The maximum atomic E-state index is 12.3. The minimum Gasteiger partial charge on any atom is -0.328 e. The molecule has 0 aromatic heterocycles. The van der Waals surface area contributed by atoms with Gasteiger partial charge >= 0.3 is 0 Å². The summed E-state index contributed by atoms with van der Waals surface area (Å²) >= 11 is 0. The zero-order valence-corrected chi connectivity index (χ0v) is 14.1. The Morgan fingerprint density at radius 2 is 1.70 bits per heavy atom. The minimum atomic E-state index is -0.000823. The number of nitrogens with one attached hydrogen (secondary N) is 2. The highest BCUT2D eigenvalue weighted by molar-refractivity contribution is 5.97. The molecule has 0 heterocycles. The number of rotatable bonds is 4. The lowest BCUT2D eigenvalue weighted by atomic mass is 10.1. The van der Waals surface area contributed by atoms with Gasteiger partial charge in [0.05, 0.1) is 0 Å². The molecule has 4 N–H and O–H groups in total. The number of carbonyl (C=O) groups excluding carboxylic acids is 2. The molecule has 2 amide bonds. The standard InChI is InChI=1S/C17H23N3O2.ClH/c1-10-2-7-14(19-16(21)11-3-4-11)9-15(10)20-17(22)12-5-6-13(18)8-12;/h2,7,9,11-13H,3-6,8,18H2,1H3,(H,19,21)(H,20,22);1H. The highest BCUT2D eigenvalue weighted by Crippen LogP contribution is 2.31. The fourth-order valence-corrected chi connectivity index (χ4v) is 2.91. The summed E-state index contributed by atoms with van der Waals surface area (Å²) in [6, 6.07) is 5.76. The number of aryl methyl sites for hydroxylation is 1. The van der Waals surface area contributed by atoms with Crippen LogP contribution in [0.15, 0.2) is 18.2 Å². The molecule has 0 radical (unpaired) electrons. The minimum absolute atomic E-state index is 0. The monoisotopic (exact) mass is 337 g/mol. The quantitative estimate of drug-likeness (QED) is 0.789. The number of amides is 2. The summed E-state index contributed by atoms with van der Waals surface area (Å²) in [6.45, 7) is 1.95. The Morgan fingerprint density at radius 1 is 1.04 bits per heavy atom. The number of carbonyl (C=O) groups is 2. The van der Waals surface area contributed by atoms with Crippen LogP contribution in [0.2, 0.25) is 0 Å². The number of nitrogens with two attached hydrogens (primary N) is 1. The van der Waals surface area contributed by atoms with E-state index in [0.717, 1.165) is 49.0 Å². The van der Waals surface area contributed by atoms with Crippen molar-refractivity contribution in [2.45, 2.75) is 45.1 Å². The van der Waals surface area contributed by atoms with Gasteiger partial charge in [0.15, 0.2) is 0 Å². The van der Waals surface area contributed by atoms with E-state index in [0.29, 0.717) is 0 Å². The van der Waals surface area contributed by atoms with E-state index in [1.165, 1.54) is 0 Å². The molecule has 0 spiro atoms. The van der Waals surface area contributed by atoms with E-state index >= 15 is 0 Å². The summed E-state index contributed by atoms with van der Waals surface area (Å²) in [6.07, 6.45) is 4.47. The zero-order valence-electron chi connectivity index (χ0n) is 13.3. The Kier molecular flexibility index (Phi) is 5.65. The molecule has 1 aromatic rings. The van der Waals surface area contributed by atoms with Gasteiger partial charge in [-0.3, -0.25) is 9.59 Å². The molecule has 2 aliphatic carbocycles. The molecular formula is C17H24ClN3O2. The van der Waals surface area contributed by atoms with Crippen LogP contribution in [0.3, 0.4) is 0 Å². The van der Waals surface area contributed by atoms with Gasteiger partial charge in [-0.05, 0) is 56.7 Å². The molecule has 1 aromatic carbocycles. The second-order valence-corrected chi connectivity index (χ2v) is 6.55. The Balaban J connectivity index is 0.00000192. The Hall–Kier alpha value is -1.59. The van der Waals surface area contributed by atoms with Gasteiger partial charge in [0.2, 0.25) is 11.8 Å². The molecule has 6 heteroatoms. The van der Waals surface area contributed by atoms with Gasteiger partial charge in [-0.15, -0.1) is 12.4 Å². The molecule has 2 saturated carbocycles. The lowest BCUT2D eigenvalue weighted by molar-refractivity contribution is -0.119. The number of hydrogen-bond acceptors (Lipinski definition) is 3.